The molecular weight excluding hydrogens is 314 g/mol. The summed E-state index contributed by atoms with van der Waals surface area (Å²) in [6.07, 6.45) is 3.94. The Morgan fingerprint density at radius 3 is 2.78 bits per heavy atom. The zero-order valence-electron chi connectivity index (χ0n) is 10.3. The van der Waals surface area contributed by atoms with Gasteiger partial charge < -0.3 is 5.32 Å². The number of benzene rings is 1. The van der Waals surface area contributed by atoms with E-state index >= 15 is 0 Å². The van der Waals surface area contributed by atoms with E-state index in [9.17, 15) is 0 Å². The van der Waals surface area contributed by atoms with Crippen molar-refractivity contribution in [2.75, 3.05) is 7.05 Å². The highest BCUT2D eigenvalue weighted by molar-refractivity contribution is 9.10. The molecule has 0 aliphatic rings. The summed E-state index contributed by atoms with van der Waals surface area (Å²) in [5.74, 6) is 0. The summed E-state index contributed by atoms with van der Waals surface area (Å²) in [5, 5.41) is 8.31. The lowest BCUT2D eigenvalue weighted by molar-refractivity contribution is 0.653. The molecule has 0 fully saturated rings. The number of aryl methyl sites for hydroxylation is 1. The van der Waals surface area contributed by atoms with Crippen LogP contribution >= 0.6 is 27.5 Å². The molecule has 18 heavy (non-hydrogen) atoms. The molecule has 96 valence electrons. The maximum atomic E-state index is 6.14. The molecule has 1 unspecified atom stereocenters. The molecular formula is C13H15BrClN3. The van der Waals surface area contributed by atoms with Crippen LogP contribution in [-0.2, 0) is 6.54 Å². The van der Waals surface area contributed by atoms with Gasteiger partial charge in [-0.2, -0.15) is 5.10 Å². The largest absolute Gasteiger partial charge is 0.309 e. The topological polar surface area (TPSA) is 29.9 Å². The quantitative estimate of drug-likeness (QED) is 0.929. The zero-order valence-corrected chi connectivity index (χ0v) is 12.7. The van der Waals surface area contributed by atoms with Crippen LogP contribution in [0.3, 0.4) is 0 Å². The van der Waals surface area contributed by atoms with Crippen molar-refractivity contribution in [1.82, 2.24) is 15.1 Å². The van der Waals surface area contributed by atoms with Gasteiger partial charge in [0.2, 0.25) is 0 Å². The van der Waals surface area contributed by atoms with E-state index in [-0.39, 0.29) is 6.04 Å². The number of hydrogen-bond acceptors (Lipinski definition) is 2. The third-order valence-electron chi connectivity index (χ3n) is 2.88. The molecule has 1 heterocycles. The lowest BCUT2D eigenvalue weighted by Crippen LogP contribution is -2.17. The minimum atomic E-state index is 0.107. The van der Waals surface area contributed by atoms with Gasteiger partial charge in [0.15, 0.2) is 0 Å². The molecule has 0 aliphatic carbocycles. The highest BCUT2D eigenvalue weighted by atomic mass is 79.9. The van der Waals surface area contributed by atoms with Crippen LogP contribution < -0.4 is 5.32 Å². The average Bonchev–Trinajstić information content (AvgIpc) is 2.83. The molecule has 5 heteroatoms. The Bertz CT molecular complexity index is 539. The van der Waals surface area contributed by atoms with Crippen LogP contribution in [0.1, 0.15) is 24.1 Å². The minimum absolute atomic E-state index is 0.107. The van der Waals surface area contributed by atoms with Gasteiger partial charge in [-0.05, 0) is 47.6 Å². The monoisotopic (exact) mass is 327 g/mol. The number of nitrogens with zero attached hydrogens (tertiary/aromatic N) is 2. The number of halogens is 2. The molecule has 0 amide bonds. The lowest BCUT2D eigenvalue weighted by Gasteiger charge is -2.15. The Hall–Kier alpha value is -0.840. The van der Waals surface area contributed by atoms with E-state index in [4.69, 9.17) is 11.6 Å². The Balaban J connectivity index is 2.35. The van der Waals surface area contributed by atoms with Crippen molar-refractivity contribution in [3.8, 4) is 0 Å². The first-order valence-electron chi connectivity index (χ1n) is 5.80. The van der Waals surface area contributed by atoms with Crippen LogP contribution in [0.15, 0.2) is 35.1 Å². The van der Waals surface area contributed by atoms with Gasteiger partial charge in [0.1, 0.15) is 0 Å². The summed E-state index contributed by atoms with van der Waals surface area (Å²) < 4.78 is 2.83. The van der Waals surface area contributed by atoms with E-state index in [1.807, 2.05) is 30.1 Å². The van der Waals surface area contributed by atoms with E-state index in [1.54, 1.807) is 0 Å². The molecule has 2 aromatic rings. The standard InChI is InChI=1S/C13H15BrClN3/c1-3-18-8-10(7-17-18)13(16-2)9-4-5-11(14)12(15)6-9/h4-8,13,16H,3H2,1-2H3. The highest BCUT2D eigenvalue weighted by Crippen LogP contribution is 2.28. The van der Waals surface area contributed by atoms with Gasteiger partial charge in [-0.1, -0.05) is 17.7 Å². The maximum absolute atomic E-state index is 6.14. The molecule has 3 nitrogen and oxygen atoms in total. The average molecular weight is 329 g/mol. The molecule has 1 aromatic heterocycles. The van der Waals surface area contributed by atoms with Crippen molar-refractivity contribution in [3.05, 3.63) is 51.2 Å². The molecule has 1 atom stereocenters. The molecule has 2 rings (SSSR count). The van der Waals surface area contributed by atoms with E-state index < -0.39 is 0 Å². The van der Waals surface area contributed by atoms with Gasteiger partial charge in [0, 0.05) is 22.8 Å². The molecule has 0 saturated heterocycles. The number of aromatic nitrogens is 2. The maximum Gasteiger partial charge on any atom is 0.0606 e. The Morgan fingerprint density at radius 1 is 1.44 bits per heavy atom. The van der Waals surface area contributed by atoms with Gasteiger partial charge in [-0.15, -0.1) is 0 Å². The predicted octanol–water partition coefficient (Wildman–Crippen LogP) is 3.63. The summed E-state index contributed by atoms with van der Waals surface area (Å²) in [7, 11) is 1.93. The van der Waals surface area contributed by atoms with E-state index in [1.165, 1.54) is 0 Å². The van der Waals surface area contributed by atoms with E-state index in [2.05, 4.69) is 45.5 Å². The predicted molar refractivity (Wildman–Crippen MR) is 78.0 cm³/mol. The second kappa shape index (κ2) is 5.87. The van der Waals surface area contributed by atoms with Crippen molar-refractivity contribution in [2.45, 2.75) is 19.5 Å². The van der Waals surface area contributed by atoms with Crippen LogP contribution in [0.4, 0.5) is 0 Å². The minimum Gasteiger partial charge on any atom is -0.309 e. The van der Waals surface area contributed by atoms with Crippen LogP contribution in [0.25, 0.3) is 0 Å². The molecule has 0 aliphatic heterocycles. The molecule has 0 spiro atoms. The Labute approximate surface area is 120 Å². The fourth-order valence-corrected chi connectivity index (χ4v) is 2.35. The number of rotatable bonds is 4. The molecule has 0 bridgehead atoms. The fourth-order valence-electron chi connectivity index (χ4n) is 1.92. The normalized spacial score (nSPS) is 12.7. The lowest BCUT2D eigenvalue weighted by atomic mass is 10.0. The SMILES string of the molecule is CCn1cc(C(NC)c2ccc(Br)c(Cl)c2)cn1. The van der Waals surface area contributed by atoms with E-state index in [0.717, 1.165) is 27.2 Å². The zero-order chi connectivity index (χ0) is 13.1. The second-order valence-corrected chi connectivity index (χ2v) is 5.29. The summed E-state index contributed by atoms with van der Waals surface area (Å²) in [6.45, 7) is 2.94. The third kappa shape index (κ3) is 2.76. The second-order valence-electron chi connectivity index (χ2n) is 4.02. The van der Waals surface area contributed by atoms with Crippen LogP contribution in [0.5, 0.6) is 0 Å². The van der Waals surface area contributed by atoms with Crippen molar-refractivity contribution in [3.63, 3.8) is 0 Å². The Kier molecular flexibility index (Phi) is 4.43. The number of nitrogens with one attached hydrogen (secondary N) is 1. The summed E-state index contributed by atoms with van der Waals surface area (Å²) in [4.78, 5) is 0. The summed E-state index contributed by atoms with van der Waals surface area (Å²) in [5.41, 5.74) is 2.26. The van der Waals surface area contributed by atoms with Gasteiger partial charge in [-0.3, -0.25) is 4.68 Å². The van der Waals surface area contributed by atoms with Crippen molar-refractivity contribution in [2.24, 2.45) is 0 Å². The Morgan fingerprint density at radius 2 is 2.22 bits per heavy atom. The fraction of sp³-hybridized carbons (Fsp3) is 0.308. The molecule has 1 aromatic carbocycles. The first kappa shape index (κ1) is 13.6. The van der Waals surface area contributed by atoms with Crippen molar-refractivity contribution >= 4 is 27.5 Å². The number of hydrogen-bond donors (Lipinski definition) is 1. The van der Waals surface area contributed by atoms with Crippen LogP contribution in [-0.4, -0.2) is 16.8 Å². The van der Waals surface area contributed by atoms with E-state index in [0.29, 0.717) is 0 Å². The highest BCUT2D eigenvalue weighted by Gasteiger charge is 2.14. The third-order valence-corrected chi connectivity index (χ3v) is 4.11. The molecule has 0 saturated carbocycles. The first-order chi connectivity index (χ1) is 8.65. The smallest absolute Gasteiger partial charge is 0.0606 e. The van der Waals surface area contributed by atoms with Gasteiger partial charge in [-0.25, -0.2) is 0 Å². The molecule has 0 radical (unpaired) electrons. The van der Waals surface area contributed by atoms with Crippen molar-refractivity contribution < 1.29 is 0 Å². The summed E-state index contributed by atoms with van der Waals surface area (Å²) >= 11 is 9.54. The van der Waals surface area contributed by atoms with Crippen molar-refractivity contribution in [1.29, 1.82) is 0 Å². The first-order valence-corrected chi connectivity index (χ1v) is 6.97. The van der Waals surface area contributed by atoms with Gasteiger partial charge in [0.05, 0.1) is 17.3 Å². The van der Waals surface area contributed by atoms with Crippen LogP contribution in [0.2, 0.25) is 5.02 Å². The van der Waals surface area contributed by atoms with Crippen LogP contribution in [0, 0.1) is 0 Å². The summed E-state index contributed by atoms with van der Waals surface area (Å²) in [6, 6.07) is 6.10. The van der Waals surface area contributed by atoms with Gasteiger partial charge in [0.25, 0.3) is 0 Å². The van der Waals surface area contributed by atoms with Gasteiger partial charge >= 0.3 is 0 Å². The molecule has 1 N–H and O–H groups in total.